The molecule has 0 unspecified atom stereocenters. The zero-order chi connectivity index (χ0) is 17.2. The third-order valence-corrected chi connectivity index (χ3v) is 5.37. The molecule has 1 aromatic heterocycles. The number of benzene rings is 1. The first-order valence-corrected chi connectivity index (χ1v) is 8.41. The van der Waals surface area contributed by atoms with E-state index < -0.39 is 10.0 Å². The molecule has 0 aliphatic carbocycles. The summed E-state index contributed by atoms with van der Waals surface area (Å²) < 4.78 is 38.7. The van der Waals surface area contributed by atoms with Gasteiger partial charge >= 0.3 is 0 Å². The molecule has 23 heavy (non-hydrogen) atoms. The van der Waals surface area contributed by atoms with Crippen molar-refractivity contribution in [1.82, 2.24) is 14.1 Å². The molecule has 2 aromatic rings. The highest BCUT2D eigenvalue weighted by Gasteiger charge is 2.23. The second kappa shape index (κ2) is 6.59. The number of aryl methyl sites for hydroxylation is 2. The maximum absolute atomic E-state index is 12.7. The molecular weight excluding hydrogens is 318 g/mol. The van der Waals surface area contributed by atoms with E-state index in [-0.39, 0.29) is 11.4 Å². The van der Waals surface area contributed by atoms with Crippen molar-refractivity contribution < 1.29 is 17.9 Å². The lowest BCUT2D eigenvalue weighted by atomic mass is 10.3. The number of hydrogen-bond acceptors (Lipinski definition) is 5. The minimum atomic E-state index is -3.64. The Morgan fingerprint density at radius 3 is 2.39 bits per heavy atom. The van der Waals surface area contributed by atoms with Gasteiger partial charge in [0.25, 0.3) is 0 Å². The molecule has 0 radical (unpaired) electrons. The van der Waals surface area contributed by atoms with Crippen LogP contribution >= 0.6 is 0 Å². The van der Waals surface area contributed by atoms with Gasteiger partial charge in [0.05, 0.1) is 24.8 Å². The van der Waals surface area contributed by atoms with E-state index in [1.807, 2.05) is 13.1 Å². The van der Waals surface area contributed by atoms with Crippen molar-refractivity contribution in [3.8, 4) is 11.5 Å². The van der Waals surface area contributed by atoms with Gasteiger partial charge in [0, 0.05) is 38.5 Å². The van der Waals surface area contributed by atoms with Gasteiger partial charge in [-0.2, -0.15) is 9.40 Å². The van der Waals surface area contributed by atoms with E-state index in [0.29, 0.717) is 11.5 Å². The van der Waals surface area contributed by atoms with Crippen LogP contribution in [0.1, 0.15) is 11.3 Å². The van der Waals surface area contributed by atoms with Crippen LogP contribution in [-0.2, 0) is 23.6 Å². The van der Waals surface area contributed by atoms with Crippen molar-refractivity contribution in [3.05, 3.63) is 35.7 Å². The smallest absolute Gasteiger partial charge is 0.243 e. The van der Waals surface area contributed by atoms with Crippen LogP contribution < -0.4 is 9.47 Å². The Morgan fingerprint density at radius 1 is 1.22 bits per heavy atom. The normalized spacial score (nSPS) is 11.7. The molecular formula is C15H21N3O4S. The molecule has 0 N–H and O–H groups in total. The second-order valence-electron chi connectivity index (χ2n) is 5.19. The lowest BCUT2D eigenvalue weighted by Gasteiger charge is -2.18. The fraction of sp³-hybridized carbons (Fsp3) is 0.400. The Hall–Kier alpha value is -2.06. The Morgan fingerprint density at radius 2 is 1.87 bits per heavy atom. The summed E-state index contributed by atoms with van der Waals surface area (Å²) in [5.41, 5.74) is 1.67. The number of rotatable bonds is 6. The first-order chi connectivity index (χ1) is 10.8. The summed E-state index contributed by atoms with van der Waals surface area (Å²) in [6, 6.07) is 4.54. The van der Waals surface area contributed by atoms with Crippen LogP contribution in [0.2, 0.25) is 0 Å². The Labute approximate surface area is 136 Å². The Kier molecular flexibility index (Phi) is 4.96. The highest BCUT2D eigenvalue weighted by Crippen LogP contribution is 2.30. The fourth-order valence-electron chi connectivity index (χ4n) is 2.29. The molecule has 8 heteroatoms. The van der Waals surface area contributed by atoms with Crippen molar-refractivity contribution in [3.63, 3.8) is 0 Å². The monoisotopic (exact) mass is 339 g/mol. The van der Waals surface area contributed by atoms with E-state index in [1.54, 1.807) is 24.8 Å². The van der Waals surface area contributed by atoms with Crippen molar-refractivity contribution in [2.75, 3.05) is 21.3 Å². The largest absolute Gasteiger partial charge is 0.493 e. The quantitative estimate of drug-likeness (QED) is 0.799. The topological polar surface area (TPSA) is 73.7 Å². The van der Waals surface area contributed by atoms with E-state index in [4.69, 9.17) is 9.47 Å². The number of methoxy groups -OCH3 is 2. The Balaban J connectivity index is 2.32. The van der Waals surface area contributed by atoms with E-state index in [9.17, 15) is 8.42 Å². The first-order valence-electron chi connectivity index (χ1n) is 6.97. The van der Waals surface area contributed by atoms with Crippen molar-refractivity contribution >= 4 is 10.0 Å². The summed E-state index contributed by atoms with van der Waals surface area (Å²) in [5.74, 6) is 0.858. The second-order valence-corrected chi connectivity index (χ2v) is 7.24. The van der Waals surface area contributed by atoms with Gasteiger partial charge in [0.15, 0.2) is 11.5 Å². The molecule has 0 amide bonds. The predicted octanol–water partition coefficient (Wildman–Crippen LogP) is 1.57. The Bertz CT molecular complexity index is 799. The molecule has 0 aliphatic rings. The van der Waals surface area contributed by atoms with Gasteiger partial charge in [-0.15, -0.1) is 0 Å². The predicted molar refractivity (Wildman–Crippen MR) is 86.1 cm³/mol. The molecule has 0 saturated heterocycles. The third kappa shape index (κ3) is 3.48. The number of nitrogens with zero attached hydrogens (tertiary/aromatic N) is 3. The van der Waals surface area contributed by atoms with Gasteiger partial charge in [-0.05, 0) is 19.1 Å². The summed E-state index contributed by atoms with van der Waals surface area (Å²) in [7, 11) is 2.68. The lowest BCUT2D eigenvalue weighted by molar-refractivity contribution is 0.353. The van der Waals surface area contributed by atoms with Gasteiger partial charge < -0.3 is 9.47 Å². The van der Waals surface area contributed by atoms with Crippen LogP contribution in [-0.4, -0.2) is 43.8 Å². The average molecular weight is 339 g/mol. The van der Waals surface area contributed by atoms with Gasteiger partial charge in [-0.25, -0.2) is 8.42 Å². The highest BCUT2D eigenvalue weighted by atomic mass is 32.2. The lowest BCUT2D eigenvalue weighted by Crippen LogP contribution is -2.26. The maximum atomic E-state index is 12.7. The van der Waals surface area contributed by atoms with E-state index in [0.717, 1.165) is 11.3 Å². The van der Waals surface area contributed by atoms with Crippen molar-refractivity contribution in [2.24, 2.45) is 7.05 Å². The number of aromatic nitrogens is 2. The van der Waals surface area contributed by atoms with Crippen LogP contribution in [0.25, 0.3) is 0 Å². The maximum Gasteiger partial charge on any atom is 0.243 e. The molecule has 2 rings (SSSR count). The molecule has 0 bridgehead atoms. The molecule has 1 heterocycles. The van der Waals surface area contributed by atoms with Crippen LogP contribution in [0.4, 0.5) is 0 Å². The molecule has 0 aliphatic heterocycles. The molecule has 0 fully saturated rings. The van der Waals surface area contributed by atoms with Gasteiger partial charge in [-0.1, -0.05) is 0 Å². The van der Waals surface area contributed by atoms with Crippen molar-refractivity contribution in [2.45, 2.75) is 18.4 Å². The zero-order valence-corrected chi connectivity index (χ0v) is 14.7. The van der Waals surface area contributed by atoms with Gasteiger partial charge in [0.1, 0.15) is 0 Å². The summed E-state index contributed by atoms with van der Waals surface area (Å²) >= 11 is 0. The summed E-state index contributed by atoms with van der Waals surface area (Å²) in [5, 5.41) is 4.23. The molecule has 7 nitrogen and oxygen atoms in total. The van der Waals surface area contributed by atoms with E-state index in [1.165, 1.54) is 30.7 Å². The molecule has 0 saturated carbocycles. The molecule has 0 spiro atoms. The molecule has 0 atom stereocenters. The number of sulfonamides is 1. The van der Waals surface area contributed by atoms with E-state index >= 15 is 0 Å². The standard InChI is InChI=1S/C15H21N3O4S/c1-11-12(9-17(2)16-11)10-18(3)23(19,20)13-6-7-14(21-4)15(8-13)22-5/h6-9H,10H2,1-5H3. The first kappa shape index (κ1) is 17.3. The minimum absolute atomic E-state index is 0.152. The SMILES string of the molecule is COc1ccc(S(=O)(=O)N(C)Cc2cn(C)nc2C)cc1OC. The summed E-state index contributed by atoms with van der Waals surface area (Å²) in [6.07, 6.45) is 1.82. The highest BCUT2D eigenvalue weighted by molar-refractivity contribution is 7.89. The number of ether oxygens (including phenoxy) is 2. The van der Waals surface area contributed by atoms with Crippen LogP contribution in [0.15, 0.2) is 29.3 Å². The molecule has 1 aromatic carbocycles. The molecule has 126 valence electrons. The summed E-state index contributed by atoms with van der Waals surface area (Å²) in [4.78, 5) is 0.152. The van der Waals surface area contributed by atoms with Gasteiger partial charge in [0.2, 0.25) is 10.0 Å². The van der Waals surface area contributed by atoms with Crippen LogP contribution in [0.3, 0.4) is 0 Å². The van der Waals surface area contributed by atoms with Gasteiger partial charge in [-0.3, -0.25) is 4.68 Å². The van der Waals surface area contributed by atoms with Crippen LogP contribution in [0, 0.1) is 6.92 Å². The van der Waals surface area contributed by atoms with E-state index in [2.05, 4.69) is 5.10 Å². The van der Waals surface area contributed by atoms with Crippen molar-refractivity contribution in [1.29, 1.82) is 0 Å². The fourth-order valence-corrected chi connectivity index (χ4v) is 3.45. The average Bonchev–Trinajstić information content (AvgIpc) is 2.83. The third-order valence-electron chi connectivity index (χ3n) is 3.57. The summed E-state index contributed by atoms with van der Waals surface area (Å²) in [6.45, 7) is 2.10. The minimum Gasteiger partial charge on any atom is -0.493 e. The zero-order valence-electron chi connectivity index (χ0n) is 13.9. The van der Waals surface area contributed by atoms with Crippen LogP contribution in [0.5, 0.6) is 11.5 Å². The number of hydrogen-bond donors (Lipinski definition) is 0.